The van der Waals surface area contributed by atoms with Crippen molar-refractivity contribution in [3.63, 3.8) is 0 Å². The first kappa shape index (κ1) is 14.7. The molecule has 0 spiro atoms. The lowest BCUT2D eigenvalue weighted by Gasteiger charge is -2.22. The van der Waals surface area contributed by atoms with Crippen LogP contribution in [0.4, 0.5) is 5.69 Å². The summed E-state index contributed by atoms with van der Waals surface area (Å²) in [6.07, 6.45) is 2.21. The van der Waals surface area contributed by atoms with E-state index in [0.29, 0.717) is 12.2 Å². The fraction of sp³-hybridized carbons (Fsp3) is 0.538. The van der Waals surface area contributed by atoms with Gasteiger partial charge in [-0.1, -0.05) is 0 Å². The summed E-state index contributed by atoms with van der Waals surface area (Å²) in [5.41, 5.74) is 7.10. The van der Waals surface area contributed by atoms with Gasteiger partial charge in [-0.25, -0.2) is 13.1 Å². The molecule has 4 nitrogen and oxygen atoms in total. The zero-order chi connectivity index (χ0) is 14.1. The number of sulfonamides is 1. The van der Waals surface area contributed by atoms with E-state index in [1.54, 1.807) is 18.2 Å². The van der Waals surface area contributed by atoms with Gasteiger partial charge < -0.3 is 5.73 Å². The summed E-state index contributed by atoms with van der Waals surface area (Å²) in [5, 5.41) is 0. The molecule has 0 bridgehead atoms. The lowest BCUT2D eigenvalue weighted by Crippen LogP contribution is -2.36. The van der Waals surface area contributed by atoms with Crippen molar-refractivity contribution in [3.05, 3.63) is 23.8 Å². The number of hydrogen-bond acceptors (Lipinski definition) is 4. The zero-order valence-electron chi connectivity index (χ0n) is 11.3. The van der Waals surface area contributed by atoms with Gasteiger partial charge in [0, 0.05) is 17.0 Å². The molecule has 1 heterocycles. The Morgan fingerprint density at radius 3 is 2.79 bits per heavy atom. The summed E-state index contributed by atoms with van der Waals surface area (Å²) >= 11 is 1.84. The van der Waals surface area contributed by atoms with E-state index >= 15 is 0 Å². The molecule has 1 saturated heterocycles. The summed E-state index contributed by atoms with van der Waals surface area (Å²) in [6, 6.07) is 4.80. The minimum absolute atomic E-state index is 0.0237. The first-order valence-electron chi connectivity index (χ1n) is 6.32. The second-order valence-electron chi connectivity index (χ2n) is 5.24. The average Bonchev–Trinajstić information content (AvgIpc) is 2.78. The zero-order valence-corrected chi connectivity index (χ0v) is 12.9. The monoisotopic (exact) mass is 300 g/mol. The molecule has 1 aromatic carbocycles. The molecule has 0 amide bonds. The van der Waals surface area contributed by atoms with E-state index in [2.05, 4.69) is 11.6 Å². The molecule has 1 aliphatic rings. The highest BCUT2D eigenvalue weighted by Crippen LogP contribution is 2.37. The number of hydrogen-bond donors (Lipinski definition) is 2. The van der Waals surface area contributed by atoms with Gasteiger partial charge in [-0.3, -0.25) is 0 Å². The lowest BCUT2D eigenvalue weighted by molar-refractivity contribution is 0.552. The Morgan fingerprint density at radius 1 is 1.47 bits per heavy atom. The number of benzene rings is 1. The third-order valence-corrected chi connectivity index (χ3v) is 6.43. The lowest BCUT2D eigenvalue weighted by atomic mass is 10.1. The summed E-state index contributed by atoms with van der Waals surface area (Å²) in [4.78, 5) is 0.283. The minimum Gasteiger partial charge on any atom is -0.399 e. The molecule has 19 heavy (non-hydrogen) atoms. The van der Waals surface area contributed by atoms with Crippen LogP contribution in [0.15, 0.2) is 23.1 Å². The first-order valence-corrected chi connectivity index (χ1v) is 8.79. The van der Waals surface area contributed by atoms with Crippen LogP contribution in [0.1, 0.15) is 25.3 Å². The number of aryl methyl sites for hydroxylation is 1. The third-order valence-electron chi connectivity index (χ3n) is 3.49. The van der Waals surface area contributed by atoms with Gasteiger partial charge in [-0.05, 0) is 56.2 Å². The van der Waals surface area contributed by atoms with E-state index in [4.69, 9.17) is 5.73 Å². The van der Waals surface area contributed by atoms with Crippen LogP contribution >= 0.6 is 11.8 Å². The average molecular weight is 300 g/mol. The van der Waals surface area contributed by atoms with E-state index < -0.39 is 10.0 Å². The standard InChI is InChI=1S/C13H20N2O2S2/c1-10-8-11(4-5-12(10)14)19(16,17)15-9-13(2)6-3-7-18-13/h4-5,8,15H,3,6-7,9,14H2,1-2H3. The Morgan fingerprint density at radius 2 is 2.21 bits per heavy atom. The van der Waals surface area contributed by atoms with Crippen molar-refractivity contribution in [1.29, 1.82) is 0 Å². The summed E-state index contributed by atoms with van der Waals surface area (Å²) in [6.45, 7) is 4.40. The van der Waals surface area contributed by atoms with Gasteiger partial charge in [0.25, 0.3) is 0 Å². The largest absolute Gasteiger partial charge is 0.399 e. The molecule has 0 radical (unpaired) electrons. The van der Waals surface area contributed by atoms with Crippen molar-refractivity contribution in [2.75, 3.05) is 18.0 Å². The van der Waals surface area contributed by atoms with E-state index in [1.807, 2.05) is 18.7 Å². The molecule has 1 aromatic rings. The van der Waals surface area contributed by atoms with Crippen molar-refractivity contribution >= 4 is 27.5 Å². The molecule has 0 aliphatic carbocycles. The summed E-state index contributed by atoms with van der Waals surface area (Å²) < 4.78 is 27.2. The highest BCUT2D eigenvalue weighted by atomic mass is 32.2. The highest BCUT2D eigenvalue weighted by Gasteiger charge is 2.31. The molecule has 1 atom stereocenters. The van der Waals surface area contributed by atoms with E-state index in [1.165, 1.54) is 0 Å². The van der Waals surface area contributed by atoms with E-state index in [0.717, 1.165) is 24.2 Å². The van der Waals surface area contributed by atoms with Gasteiger partial charge in [-0.2, -0.15) is 11.8 Å². The van der Waals surface area contributed by atoms with E-state index in [-0.39, 0.29) is 9.64 Å². The maximum Gasteiger partial charge on any atom is 0.240 e. The van der Waals surface area contributed by atoms with Crippen LogP contribution in [0.25, 0.3) is 0 Å². The van der Waals surface area contributed by atoms with Gasteiger partial charge in [0.1, 0.15) is 0 Å². The molecule has 0 saturated carbocycles. The minimum atomic E-state index is -3.44. The van der Waals surface area contributed by atoms with Crippen molar-refractivity contribution in [3.8, 4) is 0 Å². The molecule has 0 aromatic heterocycles. The molecule has 3 N–H and O–H groups in total. The normalized spacial score (nSPS) is 23.7. The van der Waals surface area contributed by atoms with E-state index in [9.17, 15) is 8.42 Å². The molecule has 2 rings (SSSR count). The maximum atomic E-state index is 12.2. The molecule has 1 fully saturated rings. The predicted octanol–water partition coefficient (Wildman–Crippen LogP) is 2.14. The Bertz CT molecular complexity index is 564. The predicted molar refractivity (Wildman–Crippen MR) is 80.9 cm³/mol. The number of nitrogens with one attached hydrogen (secondary N) is 1. The second-order valence-corrected chi connectivity index (χ2v) is 8.69. The van der Waals surface area contributed by atoms with Gasteiger partial charge in [0.05, 0.1) is 4.90 Å². The fourth-order valence-electron chi connectivity index (χ4n) is 2.12. The van der Waals surface area contributed by atoms with Crippen LogP contribution in [0.5, 0.6) is 0 Å². The maximum absolute atomic E-state index is 12.2. The Labute approximate surface area is 119 Å². The van der Waals surface area contributed by atoms with Gasteiger partial charge in [0.15, 0.2) is 0 Å². The smallest absolute Gasteiger partial charge is 0.240 e. The van der Waals surface area contributed by atoms with Crippen LogP contribution in [0, 0.1) is 6.92 Å². The summed E-state index contributed by atoms with van der Waals surface area (Å²) in [7, 11) is -3.44. The van der Waals surface area contributed by atoms with Gasteiger partial charge >= 0.3 is 0 Å². The highest BCUT2D eigenvalue weighted by molar-refractivity contribution is 8.01. The van der Waals surface area contributed by atoms with Crippen LogP contribution in [0.3, 0.4) is 0 Å². The van der Waals surface area contributed by atoms with Crippen molar-refractivity contribution in [2.24, 2.45) is 0 Å². The summed E-state index contributed by atoms with van der Waals surface area (Å²) in [5.74, 6) is 1.11. The fourth-order valence-corrected chi connectivity index (χ4v) is 4.71. The molecule has 1 aliphatic heterocycles. The molecular formula is C13H20N2O2S2. The van der Waals surface area contributed by atoms with Crippen molar-refractivity contribution < 1.29 is 8.42 Å². The number of nitrogens with two attached hydrogens (primary N) is 1. The van der Waals surface area contributed by atoms with Gasteiger partial charge in [0.2, 0.25) is 10.0 Å². The number of anilines is 1. The second kappa shape index (κ2) is 5.34. The SMILES string of the molecule is Cc1cc(S(=O)(=O)NCC2(C)CCCS2)ccc1N. The molecule has 106 valence electrons. The molecule has 6 heteroatoms. The Balaban J connectivity index is 2.11. The number of nitrogen functional groups attached to an aromatic ring is 1. The third kappa shape index (κ3) is 3.43. The Kier molecular flexibility index (Phi) is 4.13. The first-order chi connectivity index (χ1) is 8.82. The quantitative estimate of drug-likeness (QED) is 0.836. The number of rotatable bonds is 4. The Hall–Kier alpha value is -0.720. The van der Waals surface area contributed by atoms with Crippen molar-refractivity contribution in [1.82, 2.24) is 4.72 Å². The topological polar surface area (TPSA) is 72.2 Å². The molecular weight excluding hydrogens is 280 g/mol. The number of thioether (sulfide) groups is 1. The van der Waals surface area contributed by atoms with Crippen LogP contribution in [-0.4, -0.2) is 25.5 Å². The van der Waals surface area contributed by atoms with Crippen LogP contribution in [-0.2, 0) is 10.0 Å². The molecule has 1 unspecified atom stereocenters. The van der Waals surface area contributed by atoms with Crippen LogP contribution < -0.4 is 10.5 Å². The van der Waals surface area contributed by atoms with Crippen LogP contribution in [0.2, 0.25) is 0 Å². The van der Waals surface area contributed by atoms with Gasteiger partial charge in [-0.15, -0.1) is 0 Å². The van der Waals surface area contributed by atoms with Crippen molar-refractivity contribution in [2.45, 2.75) is 36.3 Å².